The smallest absolute Gasteiger partial charge is 0.119 e. The van der Waals surface area contributed by atoms with Gasteiger partial charge in [0.15, 0.2) is 0 Å². The number of carbonyl (C=O) groups excluding carboxylic acids is 1. The zero-order valence-electron chi connectivity index (χ0n) is 6.60. The van der Waals surface area contributed by atoms with E-state index in [1.807, 2.05) is 6.92 Å². The van der Waals surface area contributed by atoms with E-state index in [0.29, 0.717) is 6.42 Å². The molecule has 0 radical (unpaired) electrons. The van der Waals surface area contributed by atoms with E-state index in [0.717, 1.165) is 12.7 Å². The van der Waals surface area contributed by atoms with Crippen LogP contribution >= 0.6 is 0 Å². The van der Waals surface area contributed by atoms with E-state index in [2.05, 4.69) is 9.97 Å². The lowest BCUT2D eigenvalue weighted by molar-refractivity contribution is -0.107. The Kier molecular flexibility index (Phi) is 7.76. The maximum atomic E-state index is 9.40. The highest BCUT2D eigenvalue weighted by atomic mass is 16.1. The monoisotopic (exact) mass is 152 g/mol. The number of nitrogens with zero attached hydrogens (tertiary/aromatic N) is 2. The molecular weight excluding hydrogens is 140 g/mol. The van der Waals surface area contributed by atoms with Gasteiger partial charge in [0.05, 0.1) is 0 Å². The molecule has 0 aliphatic carbocycles. The lowest BCUT2D eigenvalue weighted by atomic mass is 10.4. The molecule has 0 fully saturated rings. The molecule has 1 aromatic rings. The van der Waals surface area contributed by atoms with Gasteiger partial charge < -0.3 is 4.79 Å². The van der Waals surface area contributed by atoms with Gasteiger partial charge in [0.2, 0.25) is 0 Å². The Hall–Kier alpha value is -1.25. The first-order valence-corrected chi connectivity index (χ1v) is 3.55. The maximum absolute atomic E-state index is 9.40. The third kappa shape index (κ3) is 8.75. The maximum Gasteiger partial charge on any atom is 0.119 e. The van der Waals surface area contributed by atoms with Gasteiger partial charge in [-0.05, 0) is 12.5 Å². The van der Waals surface area contributed by atoms with Crippen LogP contribution in [-0.4, -0.2) is 16.3 Å². The molecule has 0 unspecified atom stereocenters. The summed E-state index contributed by atoms with van der Waals surface area (Å²) in [5, 5.41) is 0. The van der Waals surface area contributed by atoms with E-state index < -0.39 is 0 Å². The minimum Gasteiger partial charge on any atom is -0.303 e. The van der Waals surface area contributed by atoms with Crippen LogP contribution in [0.3, 0.4) is 0 Å². The summed E-state index contributed by atoms with van der Waals surface area (Å²) >= 11 is 0. The van der Waals surface area contributed by atoms with Crippen LogP contribution in [0.5, 0.6) is 0 Å². The van der Waals surface area contributed by atoms with Crippen LogP contribution < -0.4 is 0 Å². The first-order chi connectivity index (χ1) is 5.41. The van der Waals surface area contributed by atoms with Crippen molar-refractivity contribution in [2.24, 2.45) is 0 Å². The molecule has 0 aliphatic rings. The zero-order valence-corrected chi connectivity index (χ0v) is 6.60. The number of carbonyl (C=O) groups is 1. The van der Waals surface area contributed by atoms with Gasteiger partial charge in [-0.2, -0.15) is 0 Å². The van der Waals surface area contributed by atoms with Crippen LogP contribution in [0.25, 0.3) is 0 Å². The van der Waals surface area contributed by atoms with Gasteiger partial charge in [-0.1, -0.05) is 6.92 Å². The van der Waals surface area contributed by atoms with Gasteiger partial charge >= 0.3 is 0 Å². The largest absolute Gasteiger partial charge is 0.303 e. The van der Waals surface area contributed by atoms with Crippen LogP contribution in [0.15, 0.2) is 24.8 Å². The molecule has 0 bridgehead atoms. The first kappa shape index (κ1) is 9.75. The van der Waals surface area contributed by atoms with Gasteiger partial charge in [0.25, 0.3) is 0 Å². The number of unbranched alkanes of at least 4 members (excludes halogenated alkanes) is 1. The van der Waals surface area contributed by atoms with Gasteiger partial charge in [0.1, 0.15) is 12.6 Å². The molecule has 1 rings (SSSR count). The molecule has 11 heavy (non-hydrogen) atoms. The van der Waals surface area contributed by atoms with Gasteiger partial charge in [-0.15, -0.1) is 0 Å². The molecule has 0 saturated carbocycles. The fourth-order valence-corrected chi connectivity index (χ4v) is 0.371. The van der Waals surface area contributed by atoms with E-state index in [9.17, 15) is 4.79 Å². The topological polar surface area (TPSA) is 42.9 Å². The van der Waals surface area contributed by atoms with Crippen molar-refractivity contribution >= 4 is 6.29 Å². The summed E-state index contributed by atoms with van der Waals surface area (Å²) in [6.45, 7) is 1.98. The zero-order chi connectivity index (χ0) is 8.36. The average molecular weight is 152 g/mol. The molecule has 60 valence electrons. The molecule has 0 N–H and O–H groups in total. The molecule has 0 amide bonds. The molecule has 0 aliphatic heterocycles. The minimum absolute atomic E-state index is 0.708. The molecule has 3 heteroatoms. The van der Waals surface area contributed by atoms with Gasteiger partial charge in [-0.3, -0.25) is 0 Å². The first-order valence-electron chi connectivity index (χ1n) is 3.55. The summed E-state index contributed by atoms with van der Waals surface area (Å²) in [6, 6.07) is 1.78. The number of rotatable bonds is 2. The predicted molar refractivity (Wildman–Crippen MR) is 43.0 cm³/mol. The molecule has 1 aromatic heterocycles. The van der Waals surface area contributed by atoms with E-state index in [1.165, 1.54) is 6.33 Å². The van der Waals surface area contributed by atoms with Crippen molar-refractivity contribution in [3.8, 4) is 0 Å². The van der Waals surface area contributed by atoms with Crippen molar-refractivity contribution in [2.75, 3.05) is 0 Å². The van der Waals surface area contributed by atoms with Crippen molar-refractivity contribution in [3.05, 3.63) is 24.8 Å². The average Bonchev–Trinajstić information content (AvgIpc) is 2.10. The highest BCUT2D eigenvalue weighted by Gasteiger charge is 1.66. The van der Waals surface area contributed by atoms with Crippen LogP contribution in [-0.2, 0) is 4.79 Å². The second kappa shape index (κ2) is 8.75. The van der Waals surface area contributed by atoms with Crippen molar-refractivity contribution < 1.29 is 4.79 Å². The van der Waals surface area contributed by atoms with Crippen LogP contribution in [0, 0.1) is 0 Å². The second-order valence-electron chi connectivity index (χ2n) is 1.86. The summed E-state index contributed by atoms with van der Waals surface area (Å²) in [7, 11) is 0. The lowest BCUT2D eigenvalue weighted by Crippen LogP contribution is -1.66. The molecule has 0 aromatic carbocycles. The lowest BCUT2D eigenvalue weighted by Gasteiger charge is -1.70. The fraction of sp³-hybridized carbons (Fsp3) is 0.375. The standard InChI is InChI=1S/C4H4N2.C4H8O/c1-2-5-4-6-3-1;1-2-3-4-5/h1-4H;4H,2-3H2,1H3. The molecule has 0 saturated heterocycles. The highest BCUT2D eigenvalue weighted by molar-refractivity contribution is 5.48. The van der Waals surface area contributed by atoms with E-state index >= 15 is 0 Å². The Morgan fingerprint density at radius 3 is 2.09 bits per heavy atom. The van der Waals surface area contributed by atoms with Crippen LogP contribution in [0.1, 0.15) is 19.8 Å². The molecule has 1 heterocycles. The number of aromatic nitrogens is 2. The van der Waals surface area contributed by atoms with Crippen molar-refractivity contribution in [1.29, 1.82) is 0 Å². The third-order valence-electron chi connectivity index (χ3n) is 0.884. The molecular formula is C8H12N2O. The minimum atomic E-state index is 0.708. The van der Waals surface area contributed by atoms with Gasteiger partial charge in [-0.25, -0.2) is 9.97 Å². The molecule has 0 atom stereocenters. The quantitative estimate of drug-likeness (QED) is 0.602. The van der Waals surface area contributed by atoms with Crippen LogP contribution in [0.4, 0.5) is 0 Å². The Morgan fingerprint density at radius 1 is 1.36 bits per heavy atom. The number of hydrogen-bond acceptors (Lipinski definition) is 3. The number of aldehydes is 1. The van der Waals surface area contributed by atoms with Crippen molar-refractivity contribution in [1.82, 2.24) is 9.97 Å². The summed E-state index contributed by atoms with van der Waals surface area (Å²) in [4.78, 5) is 16.8. The molecule has 3 nitrogen and oxygen atoms in total. The Bertz CT molecular complexity index is 138. The fourth-order valence-electron chi connectivity index (χ4n) is 0.371. The van der Waals surface area contributed by atoms with E-state index in [1.54, 1.807) is 18.5 Å². The Morgan fingerprint density at radius 2 is 2.00 bits per heavy atom. The molecule has 0 spiro atoms. The van der Waals surface area contributed by atoms with Crippen molar-refractivity contribution in [3.63, 3.8) is 0 Å². The third-order valence-corrected chi connectivity index (χ3v) is 0.884. The summed E-state index contributed by atoms with van der Waals surface area (Å²) in [5.74, 6) is 0. The summed E-state index contributed by atoms with van der Waals surface area (Å²) < 4.78 is 0. The summed E-state index contributed by atoms with van der Waals surface area (Å²) in [6.07, 6.45) is 7.49. The highest BCUT2D eigenvalue weighted by Crippen LogP contribution is 1.74. The SMILES string of the molecule is CCCC=O.c1cncnc1. The Labute approximate surface area is 66.5 Å². The van der Waals surface area contributed by atoms with E-state index in [-0.39, 0.29) is 0 Å². The Balaban J connectivity index is 0.000000187. The predicted octanol–water partition coefficient (Wildman–Crippen LogP) is 1.46. The van der Waals surface area contributed by atoms with Gasteiger partial charge in [0, 0.05) is 18.8 Å². The summed E-state index contributed by atoms with van der Waals surface area (Å²) in [5.41, 5.74) is 0. The van der Waals surface area contributed by atoms with Crippen LogP contribution in [0.2, 0.25) is 0 Å². The van der Waals surface area contributed by atoms with E-state index in [4.69, 9.17) is 0 Å². The van der Waals surface area contributed by atoms with Crippen molar-refractivity contribution in [2.45, 2.75) is 19.8 Å². The second-order valence-corrected chi connectivity index (χ2v) is 1.86. The normalized spacial score (nSPS) is 7.73. The number of hydrogen-bond donors (Lipinski definition) is 0.